The van der Waals surface area contributed by atoms with Crippen LogP contribution in [0.3, 0.4) is 0 Å². The Morgan fingerprint density at radius 3 is 2.78 bits per heavy atom. The van der Waals surface area contributed by atoms with Gasteiger partial charge >= 0.3 is 12.0 Å². The Morgan fingerprint density at radius 2 is 2.28 bits per heavy atom. The highest BCUT2D eigenvalue weighted by Gasteiger charge is 2.21. The number of aromatic amines is 1. The first kappa shape index (κ1) is 13.9. The summed E-state index contributed by atoms with van der Waals surface area (Å²) in [6, 6.07) is -2.13. The first-order valence-corrected chi connectivity index (χ1v) is 5.18. The summed E-state index contributed by atoms with van der Waals surface area (Å²) in [7, 11) is 1.35. The van der Waals surface area contributed by atoms with Crippen molar-refractivity contribution >= 4 is 12.0 Å². The van der Waals surface area contributed by atoms with Crippen molar-refractivity contribution in [1.29, 1.82) is 0 Å². The van der Waals surface area contributed by atoms with Gasteiger partial charge in [-0.05, 0) is 6.92 Å². The van der Waals surface area contributed by atoms with E-state index < -0.39 is 24.1 Å². The third-order valence-corrected chi connectivity index (χ3v) is 2.13. The van der Waals surface area contributed by atoms with Gasteiger partial charge in [-0.15, -0.1) is 0 Å². The zero-order valence-electron chi connectivity index (χ0n) is 10.0. The fourth-order valence-corrected chi connectivity index (χ4v) is 1.23. The summed E-state index contributed by atoms with van der Waals surface area (Å²) in [6.45, 7) is 1.58. The molecule has 4 N–H and O–H groups in total. The third-order valence-electron chi connectivity index (χ3n) is 2.13. The van der Waals surface area contributed by atoms with Gasteiger partial charge in [-0.1, -0.05) is 0 Å². The van der Waals surface area contributed by atoms with Crippen molar-refractivity contribution in [3.63, 3.8) is 0 Å². The lowest BCUT2D eigenvalue weighted by Crippen LogP contribution is -2.48. The Labute approximate surface area is 103 Å². The maximum atomic E-state index is 11.5. The number of hydrogen-bond acceptors (Lipinski definition) is 5. The summed E-state index contributed by atoms with van der Waals surface area (Å²) >= 11 is 0. The van der Waals surface area contributed by atoms with E-state index >= 15 is 0 Å². The summed E-state index contributed by atoms with van der Waals surface area (Å²) < 4.78 is 4.69. The molecule has 1 aromatic rings. The van der Waals surface area contributed by atoms with Crippen LogP contribution in [0.4, 0.5) is 4.79 Å². The minimum Gasteiger partial charge on any atom is -0.480 e. The van der Waals surface area contributed by atoms with Gasteiger partial charge < -0.3 is 20.5 Å². The molecule has 0 fully saturated rings. The second kappa shape index (κ2) is 6.55. The van der Waals surface area contributed by atoms with E-state index in [1.165, 1.54) is 13.4 Å². The van der Waals surface area contributed by atoms with Gasteiger partial charge in [-0.2, -0.15) is 5.10 Å². The van der Waals surface area contributed by atoms with E-state index in [0.29, 0.717) is 5.82 Å². The van der Waals surface area contributed by atoms with E-state index in [1.54, 1.807) is 6.92 Å². The highest BCUT2D eigenvalue weighted by atomic mass is 16.5. The molecule has 0 saturated carbocycles. The Balaban J connectivity index is 2.47. The standard InChI is InChI=1S/C9H15N5O4/c1-5(7-10-4-11-14-7)12-9(17)13-6(3-18-2)8(15)16/h4-6H,3H2,1-2H3,(H,15,16)(H,10,11,14)(H2,12,13,17). The number of nitrogens with one attached hydrogen (secondary N) is 3. The molecule has 0 aliphatic carbocycles. The number of aliphatic carboxylic acids is 1. The number of carboxylic acids is 1. The van der Waals surface area contributed by atoms with Gasteiger partial charge in [0.05, 0.1) is 12.6 Å². The van der Waals surface area contributed by atoms with E-state index in [1.807, 2.05) is 0 Å². The van der Waals surface area contributed by atoms with Gasteiger partial charge in [0.25, 0.3) is 0 Å². The van der Waals surface area contributed by atoms with Crippen molar-refractivity contribution in [3.8, 4) is 0 Å². The molecule has 2 amide bonds. The van der Waals surface area contributed by atoms with E-state index in [9.17, 15) is 9.59 Å². The predicted octanol–water partition coefficient (Wildman–Crippen LogP) is -0.735. The molecule has 0 radical (unpaired) electrons. The molecule has 0 aromatic carbocycles. The van der Waals surface area contributed by atoms with Gasteiger partial charge in [0.15, 0.2) is 6.04 Å². The molecule has 0 aliphatic rings. The maximum Gasteiger partial charge on any atom is 0.328 e. The molecule has 0 bridgehead atoms. The minimum atomic E-state index is -1.17. The van der Waals surface area contributed by atoms with Crippen molar-refractivity contribution in [3.05, 3.63) is 12.2 Å². The number of carbonyl (C=O) groups is 2. The molecule has 2 atom stereocenters. The largest absolute Gasteiger partial charge is 0.480 e. The minimum absolute atomic E-state index is 0.112. The lowest BCUT2D eigenvalue weighted by Gasteiger charge is -2.16. The number of aromatic nitrogens is 3. The van der Waals surface area contributed by atoms with Crippen LogP contribution < -0.4 is 10.6 Å². The number of ether oxygens (including phenoxy) is 1. The number of amides is 2. The lowest BCUT2D eigenvalue weighted by molar-refractivity contribution is -0.140. The molecule has 18 heavy (non-hydrogen) atoms. The van der Waals surface area contributed by atoms with E-state index in [2.05, 4.69) is 25.8 Å². The number of urea groups is 1. The van der Waals surface area contributed by atoms with Crippen LogP contribution >= 0.6 is 0 Å². The third kappa shape index (κ3) is 4.01. The molecule has 1 aromatic heterocycles. The number of nitrogens with zero attached hydrogens (tertiary/aromatic N) is 2. The Hall–Kier alpha value is -2.16. The molecule has 2 unspecified atom stereocenters. The smallest absolute Gasteiger partial charge is 0.328 e. The van der Waals surface area contributed by atoms with Gasteiger partial charge in [0.1, 0.15) is 12.2 Å². The van der Waals surface area contributed by atoms with Crippen molar-refractivity contribution in [2.75, 3.05) is 13.7 Å². The topological polar surface area (TPSA) is 129 Å². The first-order chi connectivity index (χ1) is 8.54. The van der Waals surface area contributed by atoms with Crippen LogP contribution in [-0.2, 0) is 9.53 Å². The van der Waals surface area contributed by atoms with Crippen LogP contribution in [0, 0.1) is 0 Å². The maximum absolute atomic E-state index is 11.5. The highest BCUT2D eigenvalue weighted by molar-refractivity contribution is 5.82. The monoisotopic (exact) mass is 257 g/mol. The predicted molar refractivity (Wildman–Crippen MR) is 59.8 cm³/mol. The van der Waals surface area contributed by atoms with Crippen LogP contribution in [0.2, 0.25) is 0 Å². The SMILES string of the molecule is COCC(NC(=O)NC(C)c1ncn[nH]1)C(=O)O. The summed E-state index contributed by atoms with van der Waals surface area (Å²) in [5.74, 6) is -0.692. The summed E-state index contributed by atoms with van der Waals surface area (Å²) in [5.41, 5.74) is 0. The fourth-order valence-electron chi connectivity index (χ4n) is 1.23. The number of rotatable bonds is 6. The van der Waals surface area contributed by atoms with Gasteiger partial charge in [0, 0.05) is 7.11 Å². The fraction of sp³-hybridized carbons (Fsp3) is 0.556. The Kier molecular flexibility index (Phi) is 5.06. The van der Waals surface area contributed by atoms with Crippen molar-refractivity contribution in [2.24, 2.45) is 0 Å². The Morgan fingerprint density at radius 1 is 1.56 bits per heavy atom. The second-order valence-electron chi connectivity index (χ2n) is 3.56. The highest BCUT2D eigenvalue weighted by Crippen LogP contribution is 2.03. The van der Waals surface area contributed by atoms with E-state index in [4.69, 9.17) is 9.84 Å². The van der Waals surface area contributed by atoms with Gasteiger partial charge in [0.2, 0.25) is 0 Å². The number of carbonyl (C=O) groups excluding carboxylic acids is 1. The molecular formula is C9H15N5O4. The molecular weight excluding hydrogens is 242 g/mol. The number of carboxylic acid groups (broad SMARTS) is 1. The van der Waals surface area contributed by atoms with E-state index in [0.717, 1.165) is 0 Å². The van der Waals surface area contributed by atoms with Crippen LogP contribution in [0.25, 0.3) is 0 Å². The number of hydrogen-bond donors (Lipinski definition) is 4. The molecule has 0 spiro atoms. The van der Waals surface area contributed by atoms with Crippen LogP contribution in [0.1, 0.15) is 18.8 Å². The molecule has 1 heterocycles. The van der Waals surface area contributed by atoms with Crippen molar-refractivity contribution < 1.29 is 19.4 Å². The van der Waals surface area contributed by atoms with E-state index in [-0.39, 0.29) is 6.61 Å². The molecule has 9 heteroatoms. The van der Waals surface area contributed by atoms with Crippen molar-refractivity contribution in [1.82, 2.24) is 25.8 Å². The average molecular weight is 257 g/mol. The van der Waals surface area contributed by atoms with Crippen LogP contribution in [-0.4, -0.2) is 52.0 Å². The average Bonchev–Trinajstić information content (AvgIpc) is 2.81. The van der Waals surface area contributed by atoms with Gasteiger partial charge in [-0.3, -0.25) is 5.10 Å². The molecule has 0 saturated heterocycles. The zero-order chi connectivity index (χ0) is 13.5. The van der Waals surface area contributed by atoms with Crippen LogP contribution in [0.15, 0.2) is 6.33 Å². The summed E-state index contributed by atoms with van der Waals surface area (Å²) in [4.78, 5) is 26.2. The zero-order valence-corrected chi connectivity index (χ0v) is 10.0. The molecule has 0 aliphatic heterocycles. The molecule has 100 valence electrons. The van der Waals surface area contributed by atoms with Crippen molar-refractivity contribution in [2.45, 2.75) is 19.0 Å². The normalized spacial score (nSPS) is 13.7. The number of methoxy groups -OCH3 is 1. The molecule has 1 rings (SSSR count). The van der Waals surface area contributed by atoms with Crippen LogP contribution in [0.5, 0.6) is 0 Å². The lowest BCUT2D eigenvalue weighted by atomic mass is 10.3. The summed E-state index contributed by atoms with van der Waals surface area (Å²) in [5, 5.41) is 19.9. The molecule has 9 nitrogen and oxygen atoms in total. The Bertz CT molecular complexity index is 394. The second-order valence-corrected chi connectivity index (χ2v) is 3.56. The van der Waals surface area contributed by atoms with Gasteiger partial charge in [-0.25, -0.2) is 14.6 Å². The first-order valence-electron chi connectivity index (χ1n) is 5.18. The summed E-state index contributed by atoms with van der Waals surface area (Å²) in [6.07, 6.45) is 1.32. The number of H-pyrrole nitrogens is 1. The quantitative estimate of drug-likeness (QED) is 0.531.